The standard InChI is InChI=1S/C16H16BrFN2O4S/c1-20(10-16(21)19-13-6-4-3-5-12(13)17)25(22,23)15-9-11(18)7-8-14(15)24-2/h3-9H,10H2,1-2H3,(H,19,21). The molecule has 0 aromatic heterocycles. The van der Waals surface area contributed by atoms with E-state index in [-0.39, 0.29) is 10.6 Å². The zero-order chi connectivity index (χ0) is 18.6. The van der Waals surface area contributed by atoms with Gasteiger partial charge in [-0.2, -0.15) is 4.31 Å². The smallest absolute Gasteiger partial charge is 0.247 e. The fourth-order valence-electron chi connectivity index (χ4n) is 2.06. The second-order valence-electron chi connectivity index (χ2n) is 5.08. The van der Waals surface area contributed by atoms with Crippen LogP contribution in [0.5, 0.6) is 5.75 Å². The van der Waals surface area contributed by atoms with Gasteiger partial charge in [-0.15, -0.1) is 0 Å². The summed E-state index contributed by atoms with van der Waals surface area (Å²) in [5.74, 6) is -1.25. The first-order valence-corrected chi connectivity index (χ1v) is 9.33. The number of likely N-dealkylation sites (N-methyl/N-ethyl adjacent to an activating group) is 1. The molecular formula is C16H16BrFN2O4S. The first kappa shape index (κ1) is 19.4. The fraction of sp³-hybridized carbons (Fsp3) is 0.188. The van der Waals surface area contributed by atoms with Gasteiger partial charge in [0.05, 0.1) is 19.3 Å². The molecule has 0 unspecified atom stereocenters. The van der Waals surface area contributed by atoms with Crippen LogP contribution in [-0.2, 0) is 14.8 Å². The minimum Gasteiger partial charge on any atom is -0.495 e. The molecule has 1 N–H and O–H groups in total. The van der Waals surface area contributed by atoms with Gasteiger partial charge < -0.3 is 10.1 Å². The van der Waals surface area contributed by atoms with E-state index in [4.69, 9.17) is 4.74 Å². The van der Waals surface area contributed by atoms with Gasteiger partial charge in [-0.1, -0.05) is 12.1 Å². The molecule has 0 saturated heterocycles. The van der Waals surface area contributed by atoms with Crippen LogP contribution in [0.1, 0.15) is 0 Å². The Balaban J connectivity index is 2.19. The highest BCUT2D eigenvalue weighted by Gasteiger charge is 2.27. The first-order chi connectivity index (χ1) is 11.8. The van der Waals surface area contributed by atoms with E-state index < -0.39 is 28.3 Å². The van der Waals surface area contributed by atoms with E-state index in [1.807, 2.05) is 0 Å². The van der Waals surface area contributed by atoms with Crippen molar-refractivity contribution in [1.82, 2.24) is 4.31 Å². The lowest BCUT2D eigenvalue weighted by Crippen LogP contribution is -2.35. The van der Waals surface area contributed by atoms with Crippen LogP contribution in [0.3, 0.4) is 0 Å². The zero-order valence-electron chi connectivity index (χ0n) is 13.5. The Morgan fingerprint density at radius 1 is 1.28 bits per heavy atom. The highest BCUT2D eigenvalue weighted by atomic mass is 79.9. The molecule has 25 heavy (non-hydrogen) atoms. The molecule has 0 atom stereocenters. The van der Waals surface area contributed by atoms with Gasteiger partial charge in [-0.25, -0.2) is 12.8 Å². The van der Waals surface area contributed by atoms with Gasteiger partial charge in [0.2, 0.25) is 15.9 Å². The Bertz CT molecular complexity index is 889. The van der Waals surface area contributed by atoms with Crippen molar-refractivity contribution in [2.75, 3.05) is 26.0 Å². The van der Waals surface area contributed by atoms with E-state index in [1.54, 1.807) is 24.3 Å². The summed E-state index contributed by atoms with van der Waals surface area (Å²) in [4.78, 5) is 11.8. The molecule has 0 aliphatic heterocycles. The van der Waals surface area contributed by atoms with E-state index >= 15 is 0 Å². The number of hydrogen-bond acceptors (Lipinski definition) is 4. The summed E-state index contributed by atoms with van der Waals surface area (Å²) in [7, 11) is -1.59. The molecule has 2 aromatic carbocycles. The molecule has 0 aliphatic carbocycles. The molecule has 2 aromatic rings. The average molecular weight is 431 g/mol. The highest BCUT2D eigenvalue weighted by molar-refractivity contribution is 9.10. The third-order valence-corrected chi connectivity index (χ3v) is 5.84. The Kier molecular flexibility index (Phi) is 6.15. The van der Waals surface area contributed by atoms with Crippen molar-refractivity contribution >= 4 is 37.5 Å². The SMILES string of the molecule is COc1ccc(F)cc1S(=O)(=O)N(C)CC(=O)Nc1ccccc1Br. The number of benzene rings is 2. The maximum atomic E-state index is 13.4. The van der Waals surface area contributed by atoms with Crippen LogP contribution >= 0.6 is 15.9 Å². The van der Waals surface area contributed by atoms with Crippen molar-refractivity contribution in [2.24, 2.45) is 0 Å². The second kappa shape index (κ2) is 7.94. The van der Waals surface area contributed by atoms with E-state index in [0.717, 1.165) is 16.4 Å². The number of para-hydroxylation sites is 1. The predicted molar refractivity (Wildman–Crippen MR) is 95.5 cm³/mol. The molecule has 0 bridgehead atoms. The maximum Gasteiger partial charge on any atom is 0.247 e. The molecule has 9 heteroatoms. The summed E-state index contributed by atoms with van der Waals surface area (Å²) in [5, 5.41) is 2.61. The number of nitrogens with zero attached hydrogens (tertiary/aromatic N) is 1. The van der Waals surface area contributed by atoms with Gasteiger partial charge in [-0.3, -0.25) is 4.79 Å². The molecule has 0 fully saturated rings. The molecule has 2 rings (SSSR count). The number of carbonyl (C=O) groups is 1. The fourth-order valence-corrected chi connectivity index (χ4v) is 3.73. The van der Waals surface area contributed by atoms with Crippen LogP contribution in [0, 0.1) is 5.82 Å². The van der Waals surface area contributed by atoms with Crippen LogP contribution in [0.4, 0.5) is 10.1 Å². The number of ether oxygens (including phenoxy) is 1. The third kappa shape index (κ3) is 4.56. The summed E-state index contributed by atoms with van der Waals surface area (Å²) in [6, 6.07) is 10.1. The van der Waals surface area contributed by atoms with Crippen LogP contribution < -0.4 is 10.1 Å². The minimum absolute atomic E-state index is 0.000498. The normalized spacial score (nSPS) is 11.4. The number of sulfonamides is 1. The molecule has 0 saturated carbocycles. The summed E-state index contributed by atoms with van der Waals surface area (Å²) < 4.78 is 45.1. The van der Waals surface area contributed by atoms with E-state index in [9.17, 15) is 17.6 Å². The molecule has 0 radical (unpaired) electrons. The Hall–Kier alpha value is -1.97. The number of anilines is 1. The Morgan fingerprint density at radius 2 is 1.96 bits per heavy atom. The number of rotatable bonds is 6. The van der Waals surface area contributed by atoms with Gasteiger partial charge in [-0.05, 0) is 46.3 Å². The van der Waals surface area contributed by atoms with Gasteiger partial charge in [0.1, 0.15) is 16.5 Å². The topological polar surface area (TPSA) is 75.7 Å². The second-order valence-corrected chi connectivity index (χ2v) is 7.95. The lowest BCUT2D eigenvalue weighted by molar-refractivity contribution is -0.116. The van der Waals surface area contributed by atoms with Gasteiger partial charge in [0.15, 0.2) is 0 Å². The van der Waals surface area contributed by atoms with Crippen molar-refractivity contribution in [2.45, 2.75) is 4.90 Å². The minimum atomic E-state index is -4.11. The molecule has 0 heterocycles. The largest absolute Gasteiger partial charge is 0.495 e. The monoisotopic (exact) mass is 430 g/mol. The van der Waals surface area contributed by atoms with E-state index in [0.29, 0.717) is 10.2 Å². The Labute approximate surface area is 153 Å². The first-order valence-electron chi connectivity index (χ1n) is 7.10. The average Bonchev–Trinajstić information content (AvgIpc) is 2.56. The number of methoxy groups -OCH3 is 1. The number of carbonyl (C=O) groups excluding carboxylic acids is 1. The summed E-state index contributed by atoms with van der Waals surface area (Å²) in [6.07, 6.45) is 0. The van der Waals surface area contributed by atoms with Crippen molar-refractivity contribution in [3.8, 4) is 5.75 Å². The zero-order valence-corrected chi connectivity index (χ0v) is 15.9. The molecule has 1 amide bonds. The van der Waals surface area contributed by atoms with Crippen molar-refractivity contribution in [3.05, 3.63) is 52.8 Å². The molecule has 134 valence electrons. The quantitative estimate of drug-likeness (QED) is 0.764. The molecule has 6 nitrogen and oxygen atoms in total. The van der Waals surface area contributed by atoms with E-state index in [2.05, 4.69) is 21.2 Å². The third-order valence-electron chi connectivity index (χ3n) is 3.33. The molecular weight excluding hydrogens is 415 g/mol. The van der Waals surface area contributed by atoms with Gasteiger partial charge >= 0.3 is 0 Å². The number of nitrogens with one attached hydrogen (secondary N) is 1. The molecule has 0 aliphatic rings. The highest BCUT2D eigenvalue weighted by Crippen LogP contribution is 2.27. The lowest BCUT2D eigenvalue weighted by Gasteiger charge is -2.18. The Morgan fingerprint density at radius 3 is 2.60 bits per heavy atom. The predicted octanol–water partition coefficient (Wildman–Crippen LogP) is 2.86. The summed E-state index contributed by atoms with van der Waals surface area (Å²) >= 11 is 3.29. The summed E-state index contributed by atoms with van der Waals surface area (Å²) in [5.41, 5.74) is 0.515. The number of hydrogen-bond donors (Lipinski definition) is 1. The number of amides is 1. The van der Waals surface area contributed by atoms with Gasteiger partial charge in [0, 0.05) is 11.5 Å². The van der Waals surface area contributed by atoms with Crippen LogP contribution in [0.25, 0.3) is 0 Å². The van der Waals surface area contributed by atoms with Crippen LogP contribution in [0.2, 0.25) is 0 Å². The maximum absolute atomic E-state index is 13.4. The van der Waals surface area contributed by atoms with Crippen LogP contribution in [-0.4, -0.2) is 39.3 Å². The van der Waals surface area contributed by atoms with Crippen LogP contribution in [0.15, 0.2) is 51.8 Å². The number of halogens is 2. The summed E-state index contributed by atoms with van der Waals surface area (Å²) in [6.45, 7) is -0.441. The molecule has 0 spiro atoms. The van der Waals surface area contributed by atoms with Crippen molar-refractivity contribution < 1.29 is 22.3 Å². The lowest BCUT2D eigenvalue weighted by atomic mass is 10.3. The van der Waals surface area contributed by atoms with E-state index in [1.165, 1.54) is 20.2 Å². The van der Waals surface area contributed by atoms with Crippen molar-refractivity contribution in [3.63, 3.8) is 0 Å². The van der Waals surface area contributed by atoms with Crippen molar-refractivity contribution in [1.29, 1.82) is 0 Å². The van der Waals surface area contributed by atoms with Gasteiger partial charge in [0.25, 0.3) is 0 Å².